The third-order valence-corrected chi connectivity index (χ3v) is 4.95. The van der Waals surface area contributed by atoms with Gasteiger partial charge in [-0.15, -0.1) is 11.3 Å². The van der Waals surface area contributed by atoms with Crippen molar-refractivity contribution in [1.82, 2.24) is 9.88 Å². The molecule has 3 rings (SSSR count). The molecule has 1 N–H and O–H groups in total. The van der Waals surface area contributed by atoms with Gasteiger partial charge in [-0.2, -0.15) is 0 Å². The van der Waals surface area contributed by atoms with Crippen LogP contribution in [0.25, 0.3) is 0 Å². The van der Waals surface area contributed by atoms with E-state index in [1.165, 1.54) is 32.4 Å². The predicted molar refractivity (Wildman–Crippen MR) is 74.2 cm³/mol. The molecular formula is C13H21N3OS. The number of anilines is 1. The molecule has 1 aromatic rings. The SMILES string of the molecule is CC(O)c1csc(N2CCC(N3CCCC3)C2)n1. The van der Waals surface area contributed by atoms with E-state index in [4.69, 9.17) is 0 Å². The van der Waals surface area contributed by atoms with E-state index in [-0.39, 0.29) is 0 Å². The molecule has 0 amide bonds. The van der Waals surface area contributed by atoms with Gasteiger partial charge in [0.15, 0.2) is 5.13 Å². The Balaban J connectivity index is 1.63. The Morgan fingerprint density at radius 1 is 1.39 bits per heavy atom. The molecule has 2 unspecified atom stereocenters. The Kier molecular flexibility index (Phi) is 3.54. The van der Waals surface area contributed by atoms with Crippen molar-refractivity contribution in [3.63, 3.8) is 0 Å². The van der Waals surface area contributed by atoms with Gasteiger partial charge >= 0.3 is 0 Å². The monoisotopic (exact) mass is 267 g/mol. The second kappa shape index (κ2) is 5.15. The molecule has 0 aromatic carbocycles. The van der Waals surface area contributed by atoms with E-state index in [0.29, 0.717) is 6.04 Å². The van der Waals surface area contributed by atoms with Gasteiger partial charge in [0.25, 0.3) is 0 Å². The zero-order valence-electron chi connectivity index (χ0n) is 10.9. The van der Waals surface area contributed by atoms with Gasteiger partial charge in [-0.05, 0) is 39.3 Å². The van der Waals surface area contributed by atoms with Gasteiger partial charge in [0.05, 0.1) is 11.8 Å². The first-order valence-corrected chi connectivity index (χ1v) is 7.74. The van der Waals surface area contributed by atoms with Crippen molar-refractivity contribution in [3.8, 4) is 0 Å². The maximum Gasteiger partial charge on any atom is 0.185 e. The number of nitrogens with zero attached hydrogens (tertiary/aromatic N) is 3. The molecule has 0 spiro atoms. The van der Waals surface area contributed by atoms with Gasteiger partial charge in [0.1, 0.15) is 0 Å². The lowest BCUT2D eigenvalue weighted by Crippen LogP contribution is -2.35. The van der Waals surface area contributed by atoms with Crippen LogP contribution in [0.3, 0.4) is 0 Å². The van der Waals surface area contributed by atoms with E-state index in [0.717, 1.165) is 23.9 Å². The van der Waals surface area contributed by atoms with Crippen LogP contribution >= 0.6 is 11.3 Å². The first-order chi connectivity index (χ1) is 8.74. The van der Waals surface area contributed by atoms with Crippen LogP contribution in [0, 0.1) is 0 Å². The van der Waals surface area contributed by atoms with E-state index >= 15 is 0 Å². The number of aromatic nitrogens is 1. The first kappa shape index (κ1) is 12.4. The molecule has 0 aliphatic carbocycles. The fourth-order valence-corrected chi connectivity index (χ4v) is 3.88. The van der Waals surface area contributed by atoms with Crippen molar-refractivity contribution in [3.05, 3.63) is 11.1 Å². The van der Waals surface area contributed by atoms with Gasteiger partial charge in [-0.25, -0.2) is 4.98 Å². The highest BCUT2D eigenvalue weighted by atomic mass is 32.1. The smallest absolute Gasteiger partial charge is 0.185 e. The Morgan fingerprint density at radius 2 is 2.17 bits per heavy atom. The Labute approximate surface area is 112 Å². The van der Waals surface area contributed by atoms with Crippen LogP contribution in [0.1, 0.15) is 38.0 Å². The van der Waals surface area contributed by atoms with E-state index in [1.807, 2.05) is 5.38 Å². The first-order valence-electron chi connectivity index (χ1n) is 6.86. The van der Waals surface area contributed by atoms with Crippen LogP contribution in [0.5, 0.6) is 0 Å². The zero-order valence-corrected chi connectivity index (χ0v) is 11.7. The highest BCUT2D eigenvalue weighted by Crippen LogP contribution is 2.29. The van der Waals surface area contributed by atoms with Crippen LogP contribution in [0.4, 0.5) is 5.13 Å². The number of rotatable bonds is 3. The van der Waals surface area contributed by atoms with Crippen LogP contribution < -0.4 is 4.90 Å². The third kappa shape index (κ3) is 2.39. The zero-order chi connectivity index (χ0) is 12.5. The Bertz CT molecular complexity index is 401. The van der Waals surface area contributed by atoms with Gasteiger partial charge in [-0.1, -0.05) is 0 Å². The van der Waals surface area contributed by atoms with Crippen LogP contribution in [-0.2, 0) is 0 Å². The van der Waals surface area contributed by atoms with Crippen molar-refractivity contribution >= 4 is 16.5 Å². The van der Waals surface area contributed by atoms with E-state index in [2.05, 4.69) is 14.8 Å². The summed E-state index contributed by atoms with van der Waals surface area (Å²) in [7, 11) is 0. The second-order valence-corrected chi connectivity index (χ2v) is 6.20. The summed E-state index contributed by atoms with van der Waals surface area (Å²) < 4.78 is 0. The fraction of sp³-hybridized carbons (Fsp3) is 0.769. The largest absolute Gasteiger partial charge is 0.387 e. The summed E-state index contributed by atoms with van der Waals surface area (Å²) in [5, 5.41) is 12.6. The molecular weight excluding hydrogens is 246 g/mol. The lowest BCUT2D eigenvalue weighted by molar-refractivity contribution is 0.195. The molecule has 2 aliphatic heterocycles. The molecule has 2 saturated heterocycles. The Hall–Kier alpha value is -0.650. The summed E-state index contributed by atoms with van der Waals surface area (Å²) in [6.07, 6.45) is 3.52. The maximum absolute atomic E-state index is 9.52. The minimum Gasteiger partial charge on any atom is -0.387 e. The highest BCUT2D eigenvalue weighted by molar-refractivity contribution is 7.13. The van der Waals surface area contributed by atoms with Gasteiger partial charge in [0.2, 0.25) is 0 Å². The number of thiazole rings is 1. The van der Waals surface area contributed by atoms with E-state index < -0.39 is 6.10 Å². The molecule has 2 fully saturated rings. The third-order valence-electron chi connectivity index (χ3n) is 4.03. The lowest BCUT2D eigenvalue weighted by atomic mass is 10.2. The van der Waals surface area contributed by atoms with E-state index in [9.17, 15) is 5.11 Å². The molecule has 0 bridgehead atoms. The van der Waals surface area contributed by atoms with Gasteiger partial charge < -0.3 is 10.0 Å². The van der Waals surface area contributed by atoms with Crippen molar-refractivity contribution in [1.29, 1.82) is 0 Å². The minimum atomic E-state index is -0.452. The summed E-state index contributed by atoms with van der Waals surface area (Å²) >= 11 is 1.66. The molecule has 0 radical (unpaired) electrons. The molecule has 3 heterocycles. The average molecular weight is 267 g/mol. The van der Waals surface area contributed by atoms with Crippen molar-refractivity contribution in [2.75, 3.05) is 31.1 Å². The number of hydrogen-bond acceptors (Lipinski definition) is 5. The summed E-state index contributed by atoms with van der Waals surface area (Å²) in [4.78, 5) is 9.53. The number of aliphatic hydroxyl groups excluding tert-OH is 1. The summed E-state index contributed by atoms with van der Waals surface area (Å²) in [6, 6.07) is 0.714. The Morgan fingerprint density at radius 3 is 2.83 bits per heavy atom. The minimum absolute atomic E-state index is 0.452. The molecule has 5 heteroatoms. The van der Waals surface area contributed by atoms with Crippen molar-refractivity contribution in [2.45, 2.75) is 38.3 Å². The topological polar surface area (TPSA) is 39.6 Å². The molecule has 2 aliphatic rings. The molecule has 1 aromatic heterocycles. The number of likely N-dealkylation sites (tertiary alicyclic amines) is 1. The maximum atomic E-state index is 9.52. The molecule has 0 saturated carbocycles. The lowest BCUT2D eigenvalue weighted by Gasteiger charge is -2.23. The van der Waals surface area contributed by atoms with Crippen LogP contribution in [0.2, 0.25) is 0 Å². The number of hydrogen-bond donors (Lipinski definition) is 1. The molecule has 2 atom stereocenters. The van der Waals surface area contributed by atoms with Gasteiger partial charge in [0, 0.05) is 24.5 Å². The van der Waals surface area contributed by atoms with Crippen LogP contribution in [-0.4, -0.2) is 47.2 Å². The standard InChI is InChI=1S/C13H21N3OS/c1-10(17)12-9-18-13(14-12)16-7-4-11(8-16)15-5-2-3-6-15/h9-11,17H,2-8H2,1H3. The number of aliphatic hydroxyl groups is 1. The van der Waals surface area contributed by atoms with E-state index in [1.54, 1.807) is 18.3 Å². The van der Waals surface area contributed by atoms with Crippen molar-refractivity contribution in [2.24, 2.45) is 0 Å². The quantitative estimate of drug-likeness (QED) is 0.907. The molecule has 100 valence electrons. The summed E-state index contributed by atoms with van der Waals surface area (Å²) in [5.41, 5.74) is 0.805. The highest BCUT2D eigenvalue weighted by Gasteiger charge is 2.30. The van der Waals surface area contributed by atoms with Gasteiger partial charge in [-0.3, -0.25) is 4.90 Å². The van der Waals surface area contributed by atoms with Crippen molar-refractivity contribution < 1.29 is 5.11 Å². The molecule has 18 heavy (non-hydrogen) atoms. The van der Waals surface area contributed by atoms with Crippen LogP contribution in [0.15, 0.2) is 5.38 Å². The average Bonchev–Trinajstić information content (AvgIpc) is 3.10. The predicted octanol–water partition coefficient (Wildman–Crippen LogP) is 1.87. The second-order valence-electron chi connectivity index (χ2n) is 5.36. The summed E-state index contributed by atoms with van der Waals surface area (Å²) in [6.45, 7) is 6.53. The fourth-order valence-electron chi connectivity index (χ4n) is 2.93. The summed E-state index contributed by atoms with van der Waals surface area (Å²) in [5.74, 6) is 0. The molecule has 4 nitrogen and oxygen atoms in total. The normalized spacial score (nSPS) is 27.0.